The van der Waals surface area contributed by atoms with E-state index in [1.165, 1.54) is 0 Å². The minimum absolute atomic E-state index is 0.0126. The number of carbonyl (C=O) groups is 2. The molecule has 1 fully saturated rings. The Kier molecular flexibility index (Phi) is 5.02. The van der Waals surface area contributed by atoms with Gasteiger partial charge in [-0.25, -0.2) is 0 Å². The number of nitrogens with zero attached hydrogens (tertiary/aromatic N) is 2. The lowest BCUT2D eigenvalue weighted by molar-refractivity contribution is -0.127. The SMILES string of the molecule is COc1ccccc1CC(=O)N[C@@H]1CCC(=O)N[C@H]1c1ccnn1C. The zero-order chi connectivity index (χ0) is 17.8. The second-order valence-electron chi connectivity index (χ2n) is 6.13. The van der Waals surface area contributed by atoms with Gasteiger partial charge in [-0.15, -0.1) is 0 Å². The Labute approximate surface area is 146 Å². The number of benzene rings is 1. The summed E-state index contributed by atoms with van der Waals surface area (Å²) in [6.07, 6.45) is 2.91. The molecule has 0 spiro atoms. The molecule has 2 atom stereocenters. The first-order valence-corrected chi connectivity index (χ1v) is 8.27. The van der Waals surface area contributed by atoms with Crippen LogP contribution >= 0.6 is 0 Å². The molecule has 0 bridgehead atoms. The number of rotatable bonds is 5. The van der Waals surface area contributed by atoms with Gasteiger partial charge >= 0.3 is 0 Å². The second kappa shape index (κ2) is 7.38. The lowest BCUT2D eigenvalue weighted by Gasteiger charge is -2.33. The van der Waals surface area contributed by atoms with Crippen molar-refractivity contribution in [1.29, 1.82) is 0 Å². The summed E-state index contributed by atoms with van der Waals surface area (Å²) in [5, 5.41) is 10.2. The van der Waals surface area contributed by atoms with Crippen molar-refractivity contribution in [3.63, 3.8) is 0 Å². The maximum atomic E-state index is 12.5. The van der Waals surface area contributed by atoms with Gasteiger partial charge in [-0.2, -0.15) is 5.10 Å². The first-order valence-electron chi connectivity index (χ1n) is 8.27. The normalized spacial score (nSPS) is 20.0. The van der Waals surface area contributed by atoms with Crippen LogP contribution in [0.1, 0.15) is 30.1 Å². The highest BCUT2D eigenvalue weighted by atomic mass is 16.5. The molecular formula is C18H22N4O3. The van der Waals surface area contributed by atoms with Crippen LogP contribution in [0.15, 0.2) is 36.5 Å². The van der Waals surface area contributed by atoms with E-state index in [-0.39, 0.29) is 30.3 Å². The Bertz CT molecular complexity index is 771. The molecule has 2 N–H and O–H groups in total. The molecule has 7 heteroatoms. The summed E-state index contributed by atoms with van der Waals surface area (Å²) in [6, 6.07) is 8.86. The van der Waals surface area contributed by atoms with Crippen molar-refractivity contribution in [3.8, 4) is 5.75 Å². The third kappa shape index (κ3) is 3.81. The second-order valence-corrected chi connectivity index (χ2v) is 6.13. The molecule has 7 nitrogen and oxygen atoms in total. The summed E-state index contributed by atoms with van der Waals surface area (Å²) in [4.78, 5) is 24.3. The van der Waals surface area contributed by atoms with Crippen LogP contribution in [0.4, 0.5) is 0 Å². The molecule has 3 rings (SSSR count). The van der Waals surface area contributed by atoms with Gasteiger partial charge in [0.25, 0.3) is 0 Å². The largest absolute Gasteiger partial charge is 0.496 e. The van der Waals surface area contributed by atoms with Crippen LogP contribution in [-0.2, 0) is 23.1 Å². The minimum atomic E-state index is -0.282. The molecule has 1 saturated heterocycles. The molecule has 1 aromatic heterocycles. The molecule has 2 aromatic rings. The molecule has 25 heavy (non-hydrogen) atoms. The first-order chi connectivity index (χ1) is 12.1. The lowest BCUT2D eigenvalue weighted by atomic mass is 9.95. The van der Waals surface area contributed by atoms with E-state index in [2.05, 4.69) is 15.7 Å². The molecule has 0 radical (unpaired) electrons. The molecular weight excluding hydrogens is 320 g/mol. The van der Waals surface area contributed by atoms with Gasteiger partial charge in [0, 0.05) is 25.2 Å². The fraction of sp³-hybridized carbons (Fsp3) is 0.389. The lowest BCUT2D eigenvalue weighted by Crippen LogP contribution is -2.51. The number of carbonyl (C=O) groups excluding carboxylic acids is 2. The van der Waals surface area contributed by atoms with Gasteiger partial charge in [0.1, 0.15) is 5.75 Å². The van der Waals surface area contributed by atoms with Gasteiger partial charge in [-0.05, 0) is 18.6 Å². The predicted octanol–water partition coefficient (Wildman–Crippen LogP) is 1.11. The summed E-state index contributed by atoms with van der Waals surface area (Å²) in [5.41, 5.74) is 1.70. The monoisotopic (exact) mass is 342 g/mol. The average Bonchev–Trinajstić information content (AvgIpc) is 3.03. The number of aryl methyl sites for hydroxylation is 1. The zero-order valence-electron chi connectivity index (χ0n) is 14.4. The number of hydrogen-bond acceptors (Lipinski definition) is 4. The van der Waals surface area contributed by atoms with Crippen LogP contribution in [-0.4, -0.2) is 34.7 Å². The number of ether oxygens (including phenoxy) is 1. The summed E-state index contributed by atoms with van der Waals surface area (Å²) in [5.74, 6) is 0.581. The maximum Gasteiger partial charge on any atom is 0.224 e. The van der Waals surface area contributed by atoms with Crippen molar-refractivity contribution < 1.29 is 14.3 Å². The van der Waals surface area contributed by atoms with Crippen molar-refractivity contribution >= 4 is 11.8 Å². The van der Waals surface area contributed by atoms with Crippen LogP contribution in [0.25, 0.3) is 0 Å². The Morgan fingerprint density at radius 2 is 2.20 bits per heavy atom. The van der Waals surface area contributed by atoms with E-state index in [0.29, 0.717) is 18.6 Å². The molecule has 1 aliphatic rings. The molecule has 0 unspecified atom stereocenters. The highest BCUT2D eigenvalue weighted by Gasteiger charge is 2.32. The number of aromatic nitrogens is 2. The molecule has 1 aliphatic heterocycles. The first kappa shape index (κ1) is 17.0. The van der Waals surface area contributed by atoms with E-state index in [1.54, 1.807) is 18.0 Å². The van der Waals surface area contributed by atoms with E-state index in [4.69, 9.17) is 4.74 Å². The Hall–Kier alpha value is -2.83. The highest BCUT2D eigenvalue weighted by molar-refractivity contribution is 5.81. The predicted molar refractivity (Wildman–Crippen MR) is 92.0 cm³/mol. The summed E-state index contributed by atoms with van der Waals surface area (Å²) in [6.45, 7) is 0. The minimum Gasteiger partial charge on any atom is -0.496 e. The summed E-state index contributed by atoms with van der Waals surface area (Å²) >= 11 is 0. The Balaban J connectivity index is 1.72. The molecule has 1 aromatic carbocycles. The Morgan fingerprint density at radius 1 is 1.40 bits per heavy atom. The third-order valence-corrected chi connectivity index (χ3v) is 4.47. The van der Waals surface area contributed by atoms with Crippen molar-refractivity contribution in [2.24, 2.45) is 7.05 Å². The number of nitrogens with one attached hydrogen (secondary N) is 2. The number of methoxy groups -OCH3 is 1. The van der Waals surface area contributed by atoms with Crippen LogP contribution < -0.4 is 15.4 Å². The van der Waals surface area contributed by atoms with E-state index >= 15 is 0 Å². The van der Waals surface area contributed by atoms with Gasteiger partial charge in [0.15, 0.2) is 0 Å². The van der Waals surface area contributed by atoms with Crippen LogP contribution in [0.3, 0.4) is 0 Å². The van der Waals surface area contributed by atoms with Gasteiger partial charge in [0.2, 0.25) is 11.8 Å². The molecule has 2 amide bonds. The highest BCUT2D eigenvalue weighted by Crippen LogP contribution is 2.24. The molecule has 0 aliphatic carbocycles. The van der Waals surface area contributed by atoms with E-state index in [0.717, 1.165) is 11.3 Å². The fourth-order valence-electron chi connectivity index (χ4n) is 3.20. The number of piperidine rings is 1. The zero-order valence-corrected chi connectivity index (χ0v) is 14.4. The number of hydrogen-bond donors (Lipinski definition) is 2. The van der Waals surface area contributed by atoms with Crippen molar-refractivity contribution in [2.45, 2.75) is 31.3 Å². The van der Waals surface area contributed by atoms with Crippen molar-refractivity contribution in [3.05, 3.63) is 47.8 Å². The van der Waals surface area contributed by atoms with Gasteiger partial charge < -0.3 is 15.4 Å². The molecule has 0 saturated carbocycles. The van der Waals surface area contributed by atoms with Crippen LogP contribution in [0, 0.1) is 0 Å². The molecule has 2 heterocycles. The summed E-state index contributed by atoms with van der Waals surface area (Å²) in [7, 11) is 3.41. The fourth-order valence-corrected chi connectivity index (χ4v) is 3.20. The van der Waals surface area contributed by atoms with E-state index in [9.17, 15) is 9.59 Å². The molecule has 132 valence electrons. The van der Waals surface area contributed by atoms with Gasteiger partial charge in [-0.3, -0.25) is 14.3 Å². The van der Waals surface area contributed by atoms with Crippen LogP contribution in [0.2, 0.25) is 0 Å². The van der Waals surface area contributed by atoms with Gasteiger partial charge in [-0.1, -0.05) is 18.2 Å². The summed E-state index contributed by atoms with van der Waals surface area (Å²) < 4.78 is 7.02. The standard InChI is InChI=1S/C18H22N4O3/c1-22-14(9-10-19-22)18-13(7-8-16(23)21-18)20-17(24)11-12-5-3-4-6-15(12)25-2/h3-6,9-10,13,18H,7-8,11H2,1-2H3,(H,20,24)(H,21,23)/t13-,18-/m1/s1. The average molecular weight is 342 g/mol. The Morgan fingerprint density at radius 3 is 2.92 bits per heavy atom. The quantitative estimate of drug-likeness (QED) is 0.852. The van der Waals surface area contributed by atoms with Crippen molar-refractivity contribution in [1.82, 2.24) is 20.4 Å². The smallest absolute Gasteiger partial charge is 0.224 e. The number of para-hydroxylation sites is 1. The maximum absolute atomic E-state index is 12.5. The van der Waals surface area contributed by atoms with Crippen molar-refractivity contribution in [2.75, 3.05) is 7.11 Å². The topological polar surface area (TPSA) is 85.2 Å². The van der Waals surface area contributed by atoms with E-state index in [1.807, 2.05) is 37.4 Å². The number of amides is 2. The van der Waals surface area contributed by atoms with E-state index < -0.39 is 0 Å². The van der Waals surface area contributed by atoms with Gasteiger partial charge in [0.05, 0.1) is 31.3 Å². The van der Waals surface area contributed by atoms with Crippen LogP contribution in [0.5, 0.6) is 5.75 Å². The third-order valence-electron chi connectivity index (χ3n) is 4.47.